The molecule has 0 aliphatic rings. The minimum Gasteiger partial charge on any atom is -0.504 e. The monoisotopic (exact) mass is 682 g/mol. The number of rotatable bonds is 19. The van der Waals surface area contributed by atoms with Gasteiger partial charge in [0.2, 0.25) is 23.3 Å². The number of hydrogen-bond acceptors (Lipinski definition) is 11. The standard InChI is InChI=1S/C34H42N4O11/c39-25-4-1-22(19-28(25)42)10-16-35-31(45)7-13-34(38(48)49,14-8-32(46)36-17-11-23-2-5-26(40)29(43)20-23)15-9-33(47)37-18-12-24-3-6-27(41)30(44)21-24/h1-6,19-21,39-44H,7-18H2,(H,35,45)(H,36,46)(H,37,47). The molecule has 0 bridgehead atoms. The van der Waals surface area contributed by atoms with Crippen LogP contribution in [0.3, 0.4) is 0 Å². The predicted octanol–water partition coefficient (Wildman–Crippen LogP) is 2.65. The van der Waals surface area contributed by atoms with Crippen LogP contribution in [0.5, 0.6) is 34.5 Å². The highest BCUT2D eigenvalue weighted by molar-refractivity contribution is 5.77. The molecule has 0 radical (unpaired) electrons. The molecular formula is C34H42N4O11. The molecule has 0 saturated carbocycles. The van der Waals surface area contributed by atoms with E-state index in [4.69, 9.17) is 0 Å². The first-order valence-corrected chi connectivity index (χ1v) is 15.7. The van der Waals surface area contributed by atoms with Crippen LogP contribution in [-0.2, 0) is 33.6 Å². The maximum Gasteiger partial charge on any atom is 0.223 e. The molecule has 0 fully saturated rings. The quantitative estimate of drug-likeness (QED) is 0.0505. The van der Waals surface area contributed by atoms with Gasteiger partial charge in [-0.25, -0.2) is 0 Å². The summed E-state index contributed by atoms with van der Waals surface area (Å²) in [7, 11) is 0. The van der Waals surface area contributed by atoms with Crippen LogP contribution in [0.4, 0.5) is 0 Å². The third kappa shape index (κ3) is 12.1. The van der Waals surface area contributed by atoms with E-state index >= 15 is 0 Å². The molecule has 264 valence electrons. The van der Waals surface area contributed by atoms with Crippen molar-refractivity contribution in [3.8, 4) is 34.5 Å². The topological polar surface area (TPSA) is 252 Å². The van der Waals surface area contributed by atoms with Crippen LogP contribution in [0.15, 0.2) is 54.6 Å². The van der Waals surface area contributed by atoms with Crippen LogP contribution in [0.1, 0.15) is 55.2 Å². The number of nitrogens with one attached hydrogen (secondary N) is 3. The molecule has 3 rings (SSSR count). The second-order valence-corrected chi connectivity index (χ2v) is 11.8. The first-order chi connectivity index (χ1) is 23.3. The van der Waals surface area contributed by atoms with Crippen LogP contribution >= 0.6 is 0 Å². The molecule has 0 spiro atoms. The molecule has 15 nitrogen and oxygen atoms in total. The summed E-state index contributed by atoms with van der Waals surface area (Å²) in [5, 5.41) is 77.9. The molecule has 0 atom stereocenters. The maximum atomic E-state index is 12.7. The molecule has 3 aromatic carbocycles. The predicted molar refractivity (Wildman–Crippen MR) is 177 cm³/mol. The van der Waals surface area contributed by atoms with E-state index in [-0.39, 0.29) is 92.7 Å². The van der Waals surface area contributed by atoms with Gasteiger partial charge in [0.05, 0.1) is 0 Å². The first kappa shape index (κ1) is 37.7. The Bertz CT molecular complexity index is 1450. The molecule has 0 saturated heterocycles. The van der Waals surface area contributed by atoms with Crippen molar-refractivity contribution < 1.29 is 49.9 Å². The Hall–Kier alpha value is -5.73. The molecule has 49 heavy (non-hydrogen) atoms. The largest absolute Gasteiger partial charge is 0.504 e. The van der Waals surface area contributed by atoms with E-state index in [0.29, 0.717) is 36.0 Å². The van der Waals surface area contributed by atoms with Gasteiger partial charge in [-0.3, -0.25) is 24.5 Å². The molecule has 9 N–H and O–H groups in total. The first-order valence-electron chi connectivity index (χ1n) is 15.7. The summed E-state index contributed by atoms with van der Waals surface area (Å²) in [6.07, 6.45) is -0.501. The Morgan fingerprint density at radius 3 is 1.06 bits per heavy atom. The summed E-state index contributed by atoms with van der Waals surface area (Å²) in [5.74, 6) is -3.15. The van der Waals surface area contributed by atoms with E-state index in [9.17, 15) is 55.1 Å². The van der Waals surface area contributed by atoms with Gasteiger partial charge < -0.3 is 46.6 Å². The summed E-state index contributed by atoms with van der Waals surface area (Å²) in [5.41, 5.74) is 0.172. The third-order valence-electron chi connectivity index (χ3n) is 8.17. The van der Waals surface area contributed by atoms with E-state index in [1.165, 1.54) is 36.4 Å². The van der Waals surface area contributed by atoms with Crippen molar-refractivity contribution >= 4 is 17.7 Å². The smallest absolute Gasteiger partial charge is 0.223 e. The minimum atomic E-state index is -1.78. The lowest BCUT2D eigenvalue weighted by Crippen LogP contribution is -2.42. The van der Waals surface area contributed by atoms with Gasteiger partial charge in [-0.15, -0.1) is 0 Å². The number of carbonyl (C=O) groups is 3. The van der Waals surface area contributed by atoms with Gasteiger partial charge in [0.25, 0.3) is 0 Å². The van der Waals surface area contributed by atoms with E-state index in [0.717, 1.165) is 0 Å². The van der Waals surface area contributed by atoms with Crippen molar-refractivity contribution in [3.05, 3.63) is 81.4 Å². The number of hydrogen-bond donors (Lipinski definition) is 9. The number of nitro groups is 1. The van der Waals surface area contributed by atoms with Gasteiger partial charge in [0, 0.05) is 63.1 Å². The third-order valence-corrected chi connectivity index (χ3v) is 8.17. The number of nitrogens with zero attached hydrogens (tertiary/aromatic N) is 1. The van der Waals surface area contributed by atoms with Crippen molar-refractivity contribution in [2.75, 3.05) is 19.6 Å². The summed E-state index contributed by atoms with van der Waals surface area (Å²) >= 11 is 0. The van der Waals surface area contributed by atoms with E-state index < -0.39 is 28.2 Å². The number of amides is 3. The Kier molecular flexibility index (Phi) is 13.8. The lowest BCUT2D eigenvalue weighted by atomic mass is 9.84. The zero-order valence-corrected chi connectivity index (χ0v) is 26.9. The molecule has 15 heteroatoms. The van der Waals surface area contributed by atoms with Crippen LogP contribution in [0, 0.1) is 10.1 Å². The summed E-state index contributed by atoms with van der Waals surface area (Å²) < 4.78 is 0. The van der Waals surface area contributed by atoms with Gasteiger partial charge in [-0.05, 0) is 72.4 Å². The van der Waals surface area contributed by atoms with E-state index in [1.54, 1.807) is 18.2 Å². The molecule has 0 aliphatic carbocycles. The Balaban J connectivity index is 1.58. The van der Waals surface area contributed by atoms with Crippen molar-refractivity contribution in [2.24, 2.45) is 0 Å². The van der Waals surface area contributed by atoms with E-state index in [2.05, 4.69) is 16.0 Å². The normalized spacial score (nSPS) is 11.1. The molecule has 0 unspecified atom stereocenters. The fourth-order valence-corrected chi connectivity index (χ4v) is 5.16. The lowest BCUT2D eigenvalue weighted by molar-refractivity contribution is -0.573. The summed E-state index contributed by atoms with van der Waals surface area (Å²) in [4.78, 5) is 50.0. The van der Waals surface area contributed by atoms with Crippen LogP contribution in [-0.4, -0.2) is 78.5 Å². The van der Waals surface area contributed by atoms with Crippen molar-refractivity contribution in [1.29, 1.82) is 0 Å². The summed E-state index contributed by atoms with van der Waals surface area (Å²) in [6.45, 7) is 0.491. The zero-order valence-electron chi connectivity index (χ0n) is 26.9. The van der Waals surface area contributed by atoms with Crippen molar-refractivity contribution in [2.45, 2.75) is 63.3 Å². The van der Waals surface area contributed by atoms with Gasteiger partial charge >= 0.3 is 0 Å². The molecular weight excluding hydrogens is 640 g/mol. The Morgan fingerprint density at radius 2 is 0.816 bits per heavy atom. The fourth-order valence-electron chi connectivity index (χ4n) is 5.16. The zero-order chi connectivity index (χ0) is 36.0. The van der Waals surface area contributed by atoms with Crippen LogP contribution in [0.25, 0.3) is 0 Å². The lowest BCUT2D eigenvalue weighted by Gasteiger charge is -2.25. The number of carbonyl (C=O) groups excluding carboxylic acids is 3. The average molecular weight is 683 g/mol. The Labute approximate surface area is 282 Å². The number of phenols is 6. The Morgan fingerprint density at radius 1 is 0.531 bits per heavy atom. The summed E-state index contributed by atoms with van der Waals surface area (Å²) in [6, 6.07) is 12.8. The average Bonchev–Trinajstić information content (AvgIpc) is 3.05. The minimum absolute atomic E-state index is 0.164. The highest BCUT2D eigenvalue weighted by Crippen LogP contribution is 2.30. The highest BCUT2D eigenvalue weighted by Gasteiger charge is 2.43. The number of phenolic OH excluding ortho intramolecular Hbond substituents is 6. The molecule has 3 amide bonds. The molecule has 3 aromatic rings. The van der Waals surface area contributed by atoms with Gasteiger partial charge in [0.1, 0.15) is 0 Å². The van der Waals surface area contributed by atoms with Crippen LogP contribution in [0.2, 0.25) is 0 Å². The van der Waals surface area contributed by atoms with E-state index in [1.807, 2.05) is 0 Å². The van der Waals surface area contributed by atoms with Gasteiger partial charge in [-0.2, -0.15) is 0 Å². The number of aromatic hydroxyl groups is 6. The molecule has 0 aromatic heterocycles. The fraction of sp³-hybridized carbons (Fsp3) is 0.382. The second-order valence-electron chi connectivity index (χ2n) is 11.8. The SMILES string of the molecule is O=C(CCC(CCC(=O)NCCc1ccc(O)c(O)c1)(CCC(=O)NCCc1ccc(O)c(O)c1)[N+](=O)[O-])NCCc1ccc(O)c(O)c1. The second kappa shape index (κ2) is 18.0. The van der Waals surface area contributed by atoms with Crippen LogP contribution < -0.4 is 16.0 Å². The maximum absolute atomic E-state index is 12.7. The highest BCUT2D eigenvalue weighted by atomic mass is 16.6. The molecule has 0 heterocycles. The number of benzene rings is 3. The van der Waals surface area contributed by atoms with Crippen molar-refractivity contribution in [3.63, 3.8) is 0 Å². The molecule has 0 aliphatic heterocycles. The van der Waals surface area contributed by atoms with Gasteiger partial charge in [0.15, 0.2) is 34.5 Å². The van der Waals surface area contributed by atoms with Crippen molar-refractivity contribution in [1.82, 2.24) is 16.0 Å². The van der Waals surface area contributed by atoms with Gasteiger partial charge in [-0.1, -0.05) is 18.2 Å².